The van der Waals surface area contributed by atoms with Gasteiger partial charge in [0, 0.05) is 11.1 Å². The predicted octanol–water partition coefficient (Wildman–Crippen LogP) is 13.8. The Balaban J connectivity index is 1.27. The monoisotopic (exact) mass is 724 g/mol. The average Bonchev–Trinajstić information content (AvgIpc) is 3.27. The molecule has 0 amide bonds. The van der Waals surface area contributed by atoms with Crippen molar-refractivity contribution in [3.63, 3.8) is 0 Å². The molecule has 57 heavy (non-hydrogen) atoms. The van der Waals surface area contributed by atoms with Crippen LogP contribution in [0.4, 0.5) is 0 Å². The van der Waals surface area contributed by atoms with Crippen molar-refractivity contribution in [2.45, 2.75) is 5.41 Å². The molecular weight excluding hydrogens is 693 g/mol. The van der Waals surface area contributed by atoms with Gasteiger partial charge in [-0.05, 0) is 97.3 Å². The summed E-state index contributed by atoms with van der Waals surface area (Å²) in [5.41, 5.74) is 0.583. The van der Waals surface area contributed by atoms with Crippen LogP contribution in [0.1, 0.15) is 31.8 Å². The molecule has 12 aromatic rings. The lowest BCUT2D eigenvalue weighted by atomic mass is 9.62. The van der Waals surface area contributed by atoms with Gasteiger partial charge in [0.05, 0.1) is 0 Å². The van der Waals surface area contributed by atoms with E-state index in [2.05, 4.69) is 133 Å². The van der Waals surface area contributed by atoms with E-state index >= 15 is 9.59 Å². The molecule has 0 spiro atoms. The summed E-state index contributed by atoms with van der Waals surface area (Å²) < 4.78 is 0. The first-order valence-corrected chi connectivity index (χ1v) is 19.5. The number of ketones is 2. The van der Waals surface area contributed by atoms with Gasteiger partial charge in [-0.3, -0.25) is 9.59 Å². The second-order valence-corrected chi connectivity index (χ2v) is 15.4. The molecule has 0 bridgehead atoms. The van der Waals surface area contributed by atoms with Crippen LogP contribution in [0.15, 0.2) is 194 Å². The molecule has 0 radical (unpaired) electrons. The van der Waals surface area contributed by atoms with Crippen molar-refractivity contribution in [3.05, 3.63) is 216 Å². The SMILES string of the molecule is O=C(c1ccc2ccc3cccc4ccc1c2c34)C(C(=O)c1ccc2ccc3cccc4ccc1c2c34)(c1cccc2ccccc12)c1cccc2ccccc12. The summed E-state index contributed by atoms with van der Waals surface area (Å²) in [6.45, 7) is 0. The normalized spacial score (nSPS) is 12.4. The molecular formula is C55H32O2. The molecule has 2 nitrogen and oxygen atoms in total. The van der Waals surface area contributed by atoms with E-state index in [0.29, 0.717) is 22.3 Å². The molecule has 264 valence electrons. The summed E-state index contributed by atoms with van der Waals surface area (Å²) in [4.78, 5) is 33.5. The first-order valence-electron chi connectivity index (χ1n) is 19.5. The lowest BCUT2D eigenvalue weighted by molar-refractivity contribution is 0.0801. The number of Topliss-reactive ketones (excluding diaryl/α,β-unsaturated/α-hetero) is 2. The van der Waals surface area contributed by atoms with Gasteiger partial charge in [-0.1, -0.05) is 194 Å². The maximum atomic E-state index is 16.8. The number of hydrogen-bond acceptors (Lipinski definition) is 2. The predicted molar refractivity (Wildman–Crippen MR) is 238 cm³/mol. The largest absolute Gasteiger partial charge is 0.292 e. The molecule has 0 saturated heterocycles. The highest BCUT2D eigenvalue weighted by molar-refractivity contribution is 6.37. The van der Waals surface area contributed by atoms with Crippen molar-refractivity contribution < 1.29 is 9.59 Å². The lowest BCUT2D eigenvalue weighted by Gasteiger charge is -2.35. The third-order valence-corrected chi connectivity index (χ3v) is 12.6. The summed E-state index contributed by atoms with van der Waals surface area (Å²) in [7, 11) is 0. The fraction of sp³-hybridized carbons (Fsp3) is 0.0182. The second-order valence-electron chi connectivity index (χ2n) is 15.4. The smallest absolute Gasteiger partial charge is 0.186 e. The number of rotatable bonds is 6. The van der Waals surface area contributed by atoms with Crippen LogP contribution in [-0.4, -0.2) is 11.6 Å². The van der Waals surface area contributed by atoms with Crippen molar-refractivity contribution in [2.75, 3.05) is 0 Å². The minimum atomic E-state index is -1.80. The van der Waals surface area contributed by atoms with Gasteiger partial charge in [-0.2, -0.15) is 0 Å². The summed E-state index contributed by atoms with van der Waals surface area (Å²) in [5, 5.41) is 16.3. The second kappa shape index (κ2) is 11.8. The molecule has 0 aliphatic rings. The van der Waals surface area contributed by atoms with Crippen LogP contribution in [0.5, 0.6) is 0 Å². The highest BCUT2D eigenvalue weighted by Gasteiger charge is 2.52. The van der Waals surface area contributed by atoms with E-state index in [4.69, 9.17) is 0 Å². The van der Waals surface area contributed by atoms with E-state index < -0.39 is 5.41 Å². The highest BCUT2D eigenvalue weighted by atomic mass is 16.2. The Morgan fingerprint density at radius 1 is 0.263 bits per heavy atom. The van der Waals surface area contributed by atoms with Crippen LogP contribution in [-0.2, 0) is 5.41 Å². The molecule has 0 unspecified atom stereocenters. The summed E-state index contributed by atoms with van der Waals surface area (Å²) in [6.07, 6.45) is 0. The third-order valence-electron chi connectivity index (χ3n) is 12.6. The Labute approximate surface area is 327 Å². The van der Waals surface area contributed by atoms with Crippen LogP contribution in [0.25, 0.3) is 86.2 Å². The van der Waals surface area contributed by atoms with Crippen molar-refractivity contribution in [2.24, 2.45) is 0 Å². The van der Waals surface area contributed by atoms with Crippen LogP contribution in [0.2, 0.25) is 0 Å². The van der Waals surface area contributed by atoms with E-state index in [1.807, 2.05) is 60.7 Å². The van der Waals surface area contributed by atoms with Crippen molar-refractivity contribution in [3.8, 4) is 0 Å². The molecule has 0 saturated carbocycles. The summed E-state index contributed by atoms with van der Waals surface area (Å²) >= 11 is 0. The van der Waals surface area contributed by atoms with Gasteiger partial charge in [0.15, 0.2) is 11.6 Å². The Kier molecular flexibility index (Phi) is 6.60. The first kappa shape index (κ1) is 31.9. The van der Waals surface area contributed by atoms with E-state index in [1.165, 1.54) is 0 Å². The fourth-order valence-electron chi connectivity index (χ4n) is 10.1. The Hall–Kier alpha value is -7.42. The van der Waals surface area contributed by atoms with Gasteiger partial charge in [0.25, 0.3) is 0 Å². The molecule has 2 heteroatoms. The van der Waals surface area contributed by atoms with Crippen LogP contribution in [0.3, 0.4) is 0 Å². The van der Waals surface area contributed by atoms with E-state index in [0.717, 1.165) is 86.2 Å². The molecule has 0 heterocycles. The summed E-state index contributed by atoms with van der Waals surface area (Å²) in [6, 6.07) is 66.0. The average molecular weight is 725 g/mol. The number of carbonyl (C=O) groups excluding carboxylic acids is 2. The van der Waals surface area contributed by atoms with Crippen LogP contribution >= 0.6 is 0 Å². The van der Waals surface area contributed by atoms with Gasteiger partial charge >= 0.3 is 0 Å². The molecule has 0 atom stereocenters. The zero-order valence-corrected chi connectivity index (χ0v) is 30.8. The van der Waals surface area contributed by atoms with E-state index in [1.54, 1.807) is 0 Å². The first-order chi connectivity index (χ1) is 28.1. The number of hydrogen-bond donors (Lipinski definition) is 0. The third kappa shape index (κ3) is 4.30. The van der Waals surface area contributed by atoms with Crippen LogP contribution < -0.4 is 0 Å². The van der Waals surface area contributed by atoms with Crippen molar-refractivity contribution in [1.82, 2.24) is 0 Å². The molecule has 0 aliphatic carbocycles. The number of benzene rings is 12. The summed E-state index contributed by atoms with van der Waals surface area (Å²) in [5.74, 6) is -0.493. The zero-order chi connectivity index (χ0) is 37.8. The van der Waals surface area contributed by atoms with Gasteiger partial charge in [0.1, 0.15) is 5.41 Å². The maximum Gasteiger partial charge on any atom is 0.186 e. The van der Waals surface area contributed by atoms with E-state index in [-0.39, 0.29) is 11.6 Å². The maximum absolute atomic E-state index is 16.8. The zero-order valence-electron chi connectivity index (χ0n) is 30.8. The highest BCUT2D eigenvalue weighted by Crippen LogP contribution is 2.48. The van der Waals surface area contributed by atoms with Gasteiger partial charge < -0.3 is 0 Å². The Morgan fingerprint density at radius 3 is 1.02 bits per heavy atom. The lowest BCUT2D eigenvalue weighted by Crippen LogP contribution is -2.45. The molecule has 12 rings (SSSR count). The Bertz CT molecular complexity index is 3350. The molecule has 0 fully saturated rings. The number of carbonyl (C=O) groups is 2. The standard InChI is InChI=1S/C55H32O2/c56-53(45-31-27-39-23-21-35-13-5-15-37-25-29-43(45)51(39)49(35)37)55(47-19-7-11-33-9-1-3-17-41(33)47,48-20-8-12-34-10-2-4-18-42(34)48)54(57)46-32-28-40-24-22-36-14-6-16-38-26-30-44(46)52(40)50(36)38/h1-32H. The topological polar surface area (TPSA) is 34.1 Å². The van der Waals surface area contributed by atoms with Gasteiger partial charge in [0.2, 0.25) is 0 Å². The minimum Gasteiger partial charge on any atom is -0.292 e. The molecule has 0 aliphatic heterocycles. The van der Waals surface area contributed by atoms with Gasteiger partial charge in [-0.15, -0.1) is 0 Å². The van der Waals surface area contributed by atoms with Crippen LogP contribution in [0, 0.1) is 0 Å². The quantitative estimate of drug-likeness (QED) is 0.0972. The van der Waals surface area contributed by atoms with Crippen molar-refractivity contribution >= 4 is 97.7 Å². The molecule has 0 N–H and O–H groups in total. The van der Waals surface area contributed by atoms with Crippen molar-refractivity contribution in [1.29, 1.82) is 0 Å². The van der Waals surface area contributed by atoms with Gasteiger partial charge in [-0.25, -0.2) is 0 Å². The minimum absolute atomic E-state index is 0.246. The molecule has 0 aromatic heterocycles. The van der Waals surface area contributed by atoms with E-state index in [9.17, 15) is 0 Å². The Morgan fingerprint density at radius 2 is 0.579 bits per heavy atom. The number of fused-ring (bicyclic) bond motifs is 2. The fourth-order valence-corrected chi connectivity index (χ4v) is 10.1. The molecule has 12 aromatic carbocycles.